The number of benzene rings is 2. The Hall–Kier alpha value is -3.59. The highest BCUT2D eigenvalue weighted by Gasteiger charge is 2.17. The Morgan fingerprint density at radius 1 is 1.18 bits per heavy atom. The third kappa shape index (κ3) is 5.48. The molecule has 176 valence electrons. The van der Waals surface area contributed by atoms with E-state index >= 15 is 0 Å². The van der Waals surface area contributed by atoms with Crippen molar-refractivity contribution in [1.29, 1.82) is 0 Å². The summed E-state index contributed by atoms with van der Waals surface area (Å²) in [6.45, 7) is 6.46. The molecule has 0 spiro atoms. The van der Waals surface area contributed by atoms with Crippen molar-refractivity contribution in [3.63, 3.8) is 0 Å². The number of anilines is 1. The maximum atomic E-state index is 12.7. The summed E-state index contributed by atoms with van der Waals surface area (Å²) in [5.41, 5.74) is 2.28. The lowest BCUT2D eigenvalue weighted by atomic mass is 10.2. The van der Waals surface area contributed by atoms with Crippen LogP contribution in [0.1, 0.15) is 31.5 Å². The highest BCUT2D eigenvalue weighted by Crippen LogP contribution is 2.29. The predicted octanol–water partition coefficient (Wildman–Crippen LogP) is 4.31. The summed E-state index contributed by atoms with van der Waals surface area (Å²) < 4.78 is 9.03. The van der Waals surface area contributed by atoms with E-state index in [0.29, 0.717) is 35.2 Å². The molecule has 2 aromatic carbocycles. The van der Waals surface area contributed by atoms with Crippen LogP contribution in [0.25, 0.3) is 5.78 Å². The molecule has 1 N–H and O–H groups in total. The average molecular weight is 478 g/mol. The lowest BCUT2D eigenvalue weighted by Gasteiger charge is -2.16. The van der Waals surface area contributed by atoms with Crippen molar-refractivity contribution in [3.05, 3.63) is 82.5 Å². The molecule has 4 rings (SSSR count). The fraction of sp³-hybridized carbons (Fsp3) is 0.280. The van der Waals surface area contributed by atoms with E-state index < -0.39 is 6.10 Å². The zero-order valence-corrected chi connectivity index (χ0v) is 20.2. The van der Waals surface area contributed by atoms with Gasteiger partial charge in [0, 0.05) is 23.3 Å². The molecular formula is C25H27N5O3S. The minimum Gasteiger partial charge on any atom is -0.481 e. The van der Waals surface area contributed by atoms with E-state index in [9.17, 15) is 9.59 Å². The zero-order valence-electron chi connectivity index (χ0n) is 19.4. The molecule has 0 aliphatic rings. The van der Waals surface area contributed by atoms with E-state index in [1.54, 1.807) is 17.9 Å². The van der Waals surface area contributed by atoms with E-state index in [0.717, 1.165) is 16.9 Å². The molecule has 0 bridgehead atoms. The summed E-state index contributed by atoms with van der Waals surface area (Å²) in [6.07, 6.45) is 1.87. The van der Waals surface area contributed by atoms with E-state index in [-0.39, 0.29) is 11.5 Å². The molecule has 1 amide bonds. The number of aryl methyl sites for hydroxylation is 2. The lowest BCUT2D eigenvalue weighted by Crippen LogP contribution is -2.30. The van der Waals surface area contributed by atoms with Gasteiger partial charge < -0.3 is 10.1 Å². The zero-order chi connectivity index (χ0) is 24.1. The fourth-order valence-corrected chi connectivity index (χ4v) is 4.32. The van der Waals surface area contributed by atoms with E-state index in [1.807, 2.05) is 62.4 Å². The van der Waals surface area contributed by atoms with Crippen molar-refractivity contribution in [3.8, 4) is 5.75 Å². The number of aromatic nitrogens is 4. The predicted molar refractivity (Wildman–Crippen MR) is 133 cm³/mol. The van der Waals surface area contributed by atoms with E-state index in [4.69, 9.17) is 4.74 Å². The first-order valence-corrected chi connectivity index (χ1v) is 12.1. The van der Waals surface area contributed by atoms with Gasteiger partial charge in [-0.15, -0.1) is 11.8 Å². The van der Waals surface area contributed by atoms with Gasteiger partial charge in [0.05, 0.1) is 11.4 Å². The molecule has 34 heavy (non-hydrogen) atoms. The number of hydrogen-bond acceptors (Lipinski definition) is 6. The van der Waals surface area contributed by atoms with Crippen molar-refractivity contribution >= 4 is 29.1 Å². The second-order valence-corrected chi connectivity index (χ2v) is 8.97. The number of nitrogens with one attached hydrogen (secondary N) is 1. The number of thioether (sulfide) groups is 1. The summed E-state index contributed by atoms with van der Waals surface area (Å²) in [5.74, 6) is 1.26. The molecule has 0 radical (unpaired) electrons. The highest BCUT2D eigenvalue weighted by atomic mass is 32.2. The van der Waals surface area contributed by atoms with Gasteiger partial charge in [0.15, 0.2) is 6.10 Å². The van der Waals surface area contributed by atoms with Crippen LogP contribution in [0.3, 0.4) is 0 Å². The molecule has 0 aliphatic carbocycles. The largest absolute Gasteiger partial charge is 0.481 e. The normalized spacial score (nSPS) is 12.0. The van der Waals surface area contributed by atoms with Gasteiger partial charge >= 0.3 is 0 Å². The fourth-order valence-electron chi connectivity index (χ4n) is 3.42. The van der Waals surface area contributed by atoms with Gasteiger partial charge in [-0.2, -0.15) is 9.50 Å². The maximum Gasteiger partial charge on any atom is 0.274 e. The van der Waals surface area contributed by atoms with Crippen LogP contribution in [0.2, 0.25) is 0 Å². The highest BCUT2D eigenvalue weighted by molar-refractivity contribution is 7.98. The van der Waals surface area contributed by atoms with Gasteiger partial charge in [0.25, 0.3) is 17.2 Å². The smallest absolute Gasteiger partial charge is 0.274 e. The Morgan fingerprint density at radius 2 is 1.94 bits per heavy atom. The summed E-state index contributed by atoms with van der Waals surface area (Å²) in [7, 11) is 0. The third-order valence-electron chi connectivity index (χ3n) is 5.17. The van der Waals surface area contributed by atoms with Gasteiger partial charge in [0.2, 0.25) is 0 Å². The Kier molecular flexibility index (Phi) is 7.32. The number of carbonyl (C=O) groups excluding carboxylic acids is 1. The van der Waals surface area contributed by atoms with Crippen molar-refractivity contribution in [2.24, 2.45) is 0 Å². The maximum absolute atomic E-state index is 12.7. The summed E-state index contributed by atoms with van der Waals surface area (Å²) in [5, 5.41) is 2.95. The van der Waals surface area contributed by atoms with Crippen molar-refractivity contribution in [1.82, 2.24) is 19.2 Å². The van der Waals surface area contributed by atoms with Crippen LogP contribution in [-0.4, -0.2) is 31.2 Å². The molecule has 9 heteroatoms. The summed E-state index contributed by atoms with van der Waals surface area (Å²) in [6, 6.07) is 16.6. The Bertz CT molecular complexity index is 1350. The first-order chi connectivity index (χ1) is 16.4. The van der Waals surface area contributed by atoms with Gasteiger partial charge in [-0.1, -0.05) is 36.8 Å². The topological polar surface area (TPSA) is 90.5 Å². The molecule has 4 aromatic rings. The number of hydrogen-bond donors (Lipinski definition) is 1. The Labute approximate surface area is 202 Å². The van der Waals surface area contributed by atoms with Crippen LogP contribution in [0.15, 0.2) is 70.6 Å². The number of fused-ring (bicyclic) bond motifs is 1. The molecule has 2 heterocycles. The molecule has 1 atom stereocenters. The van der Waals surface area contributed by atoms with Crippen LogP contribution < -0.4 is 15.6 Å². The Balaban J connectivity index is 1.44. The number of rotatable bonds is 9. The van der Waals surface area contributed by atoms with Crippen molar-refractivity contribution < 1.29 is 9.53 Å². The van der Waals surface area contributed by atoms with E-state index in [2.05, 4.69) is 15.3 Å². The van der Waals surface area contributed by atoms with Crippen molar-refractivity contribution in [2.45, 2.75) is 50.5 Å². The van der Waals surface area contributed by atoms with Crippen LogP contribution in [0.5, 0.6) is 5.75 Å². The standard InChI is InChI=1S/C25H27N5O3S/c1-4-13-29-16-26-25-27-19(14-23(31)30(25)29)15-34-22-8-6-5-7-21(22)28-24(32)18(3)33-20-11-9-17(2)10-12-20/h5-12,14,16,18H,4,13,15H2,1-3H3,(H,28,32)/t18-/m0/s1. The summed E-state index contributed by atoms with van der Waals surface area (Å²) >= 11 is 1.49. The van der Waals surface area contributed by atoms with Crippen LogP contribution in [0, 0.1) is 6.92 Å². The average Bonchev–Trinajstić information content (AvgIpc) is 3.23. The molecule has 0 saturated carbocycles. The van der Waals surface area contributed by atoms with Crippen LogP contribution in [0.4, 0.5) is 5.69 Å². The van der Waals surface area contributed by atoms with Crippen LogP contribution >= 0.6 is 11.8 Å². The van der Waals surface area contributed by atoms with Gasteiger partial charge in [-0.3, -0.25) is 14.3 Å². The monoisotopic (exact) mass is 477 g/mol. The van der Waals surface area contributed by atoms with Gasteiger partial charge in [-0.25, -0.2) is 4.98 Å². The number of ether oxygens (including phenoxy) is 1. The SMILES string of the molecule is CCCn1cnc2nc(CSc3ccccc3NC(=O)[C@H](C)Oc3ccc(C)cc3)cc(=O)n21. The lowest BCUT2D eigenvalue weighted by molar-refractivity contribution is -0.122. The second kappa shape index (κ2) is 10.6. The first kappa shape index (κ1) is 23.6. The molecular weight excluding hydrogens is 450 g/mol. The third-order valence-corrected chi connectivity index (χ3v) is 6.28. The molecule has 0 saturated heterocycles. The molecule has 8 nitrogen and oxygen atoms in total. The Morgan fingerprint density at radius 3 is 2.71 bits per heavy atom. The molecule has 0 unspecified atom stereocenters. The second-order valence-electron chi connectivity index (χ2n) is 7.95. The molecule has 0 aliphatic heterocycles. The minimum absolute atomic E-state index is 0.157. The van der Waals surface area contributed by atoms with E-state index in [1.165, 1.54) is 22.3 Å². The number of amides is 1. The quantitative estimate of drug-likeness (QED) is 0.361. The summed E-state index contributed by atoms with van der Waals surface area (Å²) in [4.78, 5) is 35.0. The molecule has 2 aromatic heterocycles. The molecule has 0 fully saturated rings. The number of nitrogens with zero attached hydrogens (tertiary/aromatic N) is 4. The first-order valence-electron chi connectivity index (χ1n) is 11.1. The number of para-hydroxylation sites is 1. The van der Waals surface area contributed by atoms with Crippen LogP contribution in [-0.2, 0) is 17.1 Å². The van der Waals surface area contributed by atoms with Gasteiger partial charge in [-0.05, 0) is 44.5 Å². The number of carbonyl (C=O) groups is 1. The van der Waals surface area contributed by atoms with Gasteiger partial charge in [0.1, 0.15) is 12.1 Å². The van der Waals surface area contributed by atoms with Crippen molar-refractivity contribution in [2.75, 3.05) is 5.32 Å². The minimum atomic E-state index is -0.664.